The number of hydrogen-bond acceptors (Lipinski definition) is 4. The maximum atomic E-state index is 12.6. The topological polar surface area (TPSA) is 92.7 Å². The molecule has 2 N–H and O–H groups in total. The lowest BCUT2D eigenvalue weighted by Gasteiger charge is -2.18. The summed E-state index contributed by atoms with van der Waals surface area (Å²) in [6.45, 7) is 4.18. The van der Waals surface area contributed by atoms with Crippen LogP contribution in [0.2, 0.25) is 0 Å². The average molecular weight is 339 g/mol. The van der Waals surface area contributed by atoms with Crippen LogP contribution in [0.5, 0.6) is 0 Å². The molecule has 25 heavy (non-hydrogen) atoms. The number of carbonyl (C=O) groups is 1. The molecule has 3 aromatic rings. The van der Waals surface area contributed by atoms with Gasteiger partial charge >= 0.3 is 0 Å². The fourth-order valence-corrected chi connectivity index (χ4v) is 2.70. The van der Waals surface area contributed by atoms with Gasteiger partial charge in [0, 0.05) is 13.1 Å². The minimum absolute atomic E-state index is 0.201. The van der Waals surface area contributed by atoms with E-state index in [1.165, 1.54) is 19.2 Å². The second-order valence-electron chi connectivity index (χ2n) is 6.48. The first-order valence-electron chi connectivity index (χ1n) is 8.24. The number of H-pyrrole nitrogens is 1. The molecule has 0 saturated carbocycles. The van der Waals surface area contributed by atoms with E-state index in [1.54, 1.807) is 0 Å². The maximum Gasteiger partial charge on any atom is 0.272 e. The van der Waals surface area contributed by atoms with E-state index in [4.69, 9.17) is 0 Å². The molecule has 130 valence electrons. The number of nitrogens with one attached hydrogen (secondary N) is 2. The van der Waals surface area contributed by atoms with Crippen LogP contribution in [-0.4, -0.2) is 25.7 Å². The molecule has 2 heterocycles. The molecule has 7 heteroatoms. The molecule has 3 rings (SSSR count). The fourth-order valence-electron chi connectivity index (χ4n) is 2.70. The summed E-state index contributed by atoms with van der Waals surface area (Å²) < 4.78 is 1.15. The van der Waals surface area contributed by atoms with E-state index in [1.807, 2.05) is 24.3 Å². The molecule has 0 spiro atoms. The lowest BCUT2D eigenvalue weighted by Crippen LogP contribution is -2.32. The van der Waals surface area contributed by atoms with E-state index in [0.29, 0.717) is 11.7 Å². The monoisotopic (exact) mass is 339 g/mol. The molecule has 1 amide bonds. The quantitative estimate of drug-likeness (QED) is 0.745. The van der Waals surface area contributed by atoms with E-state index in [0.717, 1.165) is 22.1 Å². The van der Waals surface area contributed by atoms with Gasteiger partial charge in [0.25, 0.3) is 11.5 Å². The lowest BCUT2D eigenvalue weighted by atomic mass is 10.0. The van der Waals surface area contributed by atoms with Crippen LogP contribution < -0.4 is 10.9 Å². The van der Waals surface area contributed by atoms with Crippen LogP contribution in [0.3, 0.4) is 0 Å². The second-order valence-corrected chi connectivity index (χ2v) is 6.48. The number of para-hydroxylation sites is 2. The highest BCUT2D eigenvalue weighted by Crippen LogP contribution is 2.22. The van der Waals surface area contributed by atoms with Crippen molar-refractivity contribution in [3.8, 4) is 0 Å². The van der Waals surface area contributed by atoms with Crippen LogP contribution in [-0.2, 0) is 7.05 Å². The van der Waals surface area contributed by atoms with Gasteiger partial charge < -0.3 is 10.3 Å². The van der Waals surface area contributed by atoms with Crippen molar-refractivity contribution in [2.24, 2.45) is 13.0 Å². The van der Waals surface area contributed by atoms with Gasteiger partial charge in [-0.05, 0) is 30.5 Å². The van der Waals surface area contributed by atoms with Crippen LogP contribution in [0.4, 0.5) is 0 Å². The van der Waals surface area contributed by atoms with E-state index in [-0.39, 0.29) is 23.2 Å². The van der Waals surface area contributed by atoms with Gasteiger partial charge in [-0.3, -0.25) is 9.59 Å². The zero-order valence-electron chi connectivity index (χ0n) is 14.5. The summed E-state index contributed by atoms with van der Waals surface area (Å²) >= 11 is 0. The molecule has 2 aromatic heterocycles. The van der Waals surface area contributed by atoms with Crippen LogP contribution in [0, 0.1) is 5.92 Å². The zero-order valence-corrected chi connectivity index (χ0v) is 14.5. The fraction of sp³-hybridized carbons (Fsp3) is 0.333. The van der Waals surface area contributed by atoms with Crippen molar-refractivity contribution in [2.75, 3.05) is 0 Å². The van der Waals surface area contributed by atoms with Gasteiger partial charge in [0.05, 0.1) is 17.1 Å². The molecule has 0 bridgehead atoms. The van der Waals surface area contributed by atoms with Crippen LogP contribution in [0.1, 0.15) is 42.6 Å². The Hall–Kier alpha value is -2.96. The van der Waals surface area contributed by atoms with Crippen molar-refractivity contribution in [1.82, 2.24) is 25.1 Å². The number of imidazole rings is 1. The van der Waals surface area contributed by atoms with Crippen molar-refractivity contribution in [3.05, 3.63) is 58.3 Å². The van der Waals surface area contributed by atoms with Crippen LogP contribution in [0.25, 0.3) is 11.0 Å². The van der Waals surface area contributed by atoms with Crippen molar-refractivity contribution in [3.63, 3.8) is 0 Å². The normalized spacial score (nSPS) is 12.5. The van der Waals surface area contributed by atoms with Gasteiger partial charge in [-0.25, -0.2) is 9.67 Å². The highest BCUT2D eigenvalue weighted by Gasteiger charge is 2.21. The number of fused-ring (bicyclic) bond motifs is 1. The maximum absolute atomic E-state index is 12.6. The third-order valence-corrected chi connectivity index (χ3v) is 3.94. The lowest BCUT2D eigenvalue weighted by molar-refractivity contribution is 0.0922. The molecule has 1 atom stereocenters. The van der Waals surface area contributed by atoms with E-state index >= 15 is 0 Å². The molecular weight excluding hydrogens is 318 g/mol. The van der Waals surface area contributed by atoms with Gasteiger partial charge in [0.1, 0.15) is 11.5 Å². The Bertz CT molecular complexity index is 924. The predicted octanol–water partition coefficient (Wildman–Crippen LogP) is 2.17. The Morgan fingerprint density at radius 1 is 1.24 bits per heavy atom. The van der Waals surface area contributed by atoms with Crippen molar-refractivity contribution >= 4 is 16.9 Å². The molecule has 0 radical (unpaired) electrons. The molecule has 0 fully saturated rings. The van der Waals surface area contributed by atoms with E-state index < -0.39 is 0 Å². The SMILES string of the molecule is CC(C)CC(NC(=O)c1ccc(=O)n(C)n1)c1nc2ccccc2[nH]1. The summed E-state index contributed by atoms with van der Waals surface area (Å²) in [7, 11) is 1.52. The molecule has 0 aliphatic carbocycles. The highest BCUT2D eigenvalue weighted by atomic mass is 16.2. The Morgan fingerprint density at radius 3 is 2.68 bits per heavy atom. The average Bonchev–Trinajstić information content (AvgIpc) is 3.00. The van der Waals surface area contributed by atoms with Gasteiger partial charge in [0.2, 0.25) is 0 Å². The summed E-state index contributed by atoms with van der Waals surface area (Å²) in [5.74, 6) is 0.751. The number of amides is 1. The summed E-state index contributed by atoms with van der Waals surface area (Å²) in [5.41, 5.74) is 1.74. The summed E-state index contributed by atoms with van der Waals surface area (Å²) in [6, 6.07) is 10.3. The smallest absolute Gasteiger partial charge is 0.272 e. The standard InChI is InChI=1S/C18H21N5O2/c1-11(2)10-15(17-19-12-6-4-5-7-13(12)20-17)21-18(25)14-8-9-16(24)23(3)22-14/h4-9,11,15H,10H2,1-3H3,(H,19,20)(H,21,25). The van der Waals surface area contributed by atoms with Gasteiger partial charge in [-0.15, -0.1) is 0 Å². The first kappa shape index (κ1) is 16.9. The van der Waals surface area contributed by atoms with Gasteiger partial charge in [-0.1, -0.05) is 26.0 Å². The molecular formula is C18H21N5O2. The largest absolute Gasteiger partial charge is 0.341 e. The minimum atomic E-state index is -0.332. The number of carbonyl (C=O) groups excluding carboxylic acids is 1. The number of aromatic amines is 1. The zero-order chi connectivity index (χ0) is 18.0. The summed E-state index contributed by atoms with van der Waals surface area (Å²) in [4.78, 5) is 31.9. The minimum Gasteiger partial charge on any atom is -0.341 e. The van der Waals surface area contributed by atoms with E-state index in [2.05, 4.69) is 34.2 Å². The highest BCUT2D eigenvalue weighted by molar-refractivity contribution is 5.92. The Labute approximate surface area is 145 Å². The third kappa shape index (κ3) is 3.76. The number of benzene rings is 1. The second kappa shape index (κ2) is 6.88. The van der Waals surface area contributed by atoms with Gasteiger partial charge in [0.15, 0.2) is 0 Å². The van der Waals surface area contributed by atoms with Crippen LogP contribution in [0.15, 0.2) is 41.2 Å². The third-order valence-electron chi connectivity index (χ3n) is 3.94. The number of aryl methyl sites for hydroxylation is 1. The molecule has 0 saturated heterocycles. The number of nitrogens with zero attached hydrogens (tertiary/aromatic N) is 3. The number of rotatable bonds is 5. The van der Waals surface area contributed by atoms with Crippen molar-refractivity contribution < 1.29 is 4.79 Å². The molecule has 0 aliphatic heterocycles. The Balaban J connectivity index is 1.88. The predicted molar refractivity (Wildman–Crippen MR) is 95.2 cm³/mol. The summed E-state index contributed by atoms with van der Waals surface area (Å²) in [6.07, 6.45) is 0.733. The first-order valence-corrected chi connectivity index (χ1v) is 8.24. The number of hydrogen-bond donors (Lipinski definition) is 2. The van der Waals surface area contributed by atoms with Crippen LogP contribution >= 0.6 is 0 Å². The number of aromatic nitrogens is 4. The molecule has 0 aliphatic rings. The Morgan fingerprint density at radius 2 is 2.00 bits per heavy atom. The van der Waals surface area contributed by atoms with Crippen molar-refractivity contribution in [1.29, 1.82) is 0 Å². The van der Waals surface area contributed by atoms with E-state index in [9.17, 15) is 9.59 Å². The van der Waals surface area contributed by atoms with Crippen molar-refractivity contribution in [2.45, 2.75) is 26.3 Å². The molecule has 1 unspecified atom stereocenters. The first-order chi connectivity index (χ1) is 11.9. The molecule has 7 nitrogen and oxygen atoms in total. The van der Waals surface area contributed by atoms with Gasteiger partial charge in [-0.2, -0.15) is 5.10 Å². The molecule has 1 aromatic carbocycles. The summed E-state index contributed by atoms with van der Waals surface area (Å²) in [5, 5.41) is 6.98. The Kier molecular flexibility index (Phi) is 4.65.